The molecule has 160 valence electrons. The van der Waals surface area contributed by atoms with E-state index < -0.39 is 0 Å². The van der Waals surface area contributed by atoms with E-state index in [1.54, 1.807) is 11.0 Å². The summed E-state index contributed by atoms with van der Waals surface area (Å²) in [6.45, 7) is 5.76. The molecule has 1 amide bonds. The first-order valence-corrected chi connectivity index (χ1v) is 10.2. The molecular formula is C22H24N6O3. The number of piperazine rings is 1. The number of aromatic amines is 1. The van der Waals surface area contributed by atoms with Gasteiger partial charge in [-0.3, -0.25) is 14.4 Å². The Hall–Kier alpha value is -3.75. The smallest absolute Gasteiger partial charge is 0.274 e. The summed E-state index contributed by atoms with van der Waals surface area (Å²) in [5.41, 5.74) is 2.11. The maximum absolute atomic E-state index is 12.9. The second-order valence-corrected chi connectivity index (χ2v) is 7.71. The van der Waals surface area contributed by atoms with Crippen LogP contribution in [-0.4, -0.2) is 57.0 Å². The third-order valence-corrected chi connectivity index (χ3v) is 5.28. The van der Waals surface area contributed by atoms with Crippen molar-refractivity contribution >= 4 is 11.6 Å². The van der Waals surface area contributed by atoms with Gasteiger partial charge in [0, 0.05) is 43.9 Å². The maximum Gasteiger partial charge on any atom is 0.274 e. The molecule has 0 bridgehead atoms. The average molecular weight is 420 g/mol. The summed E-state index contributed by atoms with van der Waals surface area (Å²) >= 11 is 0. The lowest BCUT2D eigenvalue weighted by Gasteiger charge is -2.36. The van der Waals surface area contributed by atoms with Crippen LogP contribution in [0.15, 0.2) is 58.1 Å². The minimum atomic E-state index is -0.270. The van der Waals surface area contributed by atoms with E-state index in [4.69, 9.17) is 0 Å². The molecule has 3 heterocycles. The molecule has 1 N–H and O–H groups in total. The van der Waals surface area contributed by atoms with Crippen molar-refractivity contribution in [3.05, 3.63) is 74.9 Å². The molecule has 0 atom stereocenters. The predicted octanol–water partition coefficient (Wildman–Crippen LogP) is 1.54. The van der Waals surface area contributed by atoms with E-state index in [1.807, 2.05) is 44.2 Å². The van der Waals surface area contributed by atoms with Gasteiger partial charge in [-0.25, -0.2) is 9.78 Å². The number of aromatic nitrogens is 4. The van der Waals surface area contributed by atoms with Crippen LogP contribution in [0.4, 0.5) is 5.69 Å². The first kappa shape index (κ1) is 20.5. The quantitative estimate of drug-likeness (QED) is 0.687. The molecule has 2 aromatic heterocycles. The van der Waals surface area contributed by atoms with Crippen LogP contribution < -0.4 is 16.0 Å². The lowest BCUT2D eigenvalue weighted by Crippen LogP contribution is -2.49. The van der Waals surface area contributed by atoms with Crippen LogP contribution in [-0.2, 0) is 0 Å². The Morgan fingerprint density at radius 2 is 1.71 bits per heavy atom. The summed E-state index contributed by atoms with van der Waals surface area (Å²) in [7, 11) is 0. The zero-order valence-corrected chi connectivity index (χ0v) is 17.5. The van der Waals surface area contributed by atoms with Crippen LogP contribution in [0.25, 0.3) is 11.3 Å². The highest BCUT2D eigenvalue weighted by molar-refractivity contribution is 5.92. The van der Waals surface area contributed by atoms with Gasteiger partial charge in [0.05, 0.1) is 11.7 Å². The van der Waals surface area contributed by atoms with Gasteiger partial charge in [0.25, 0.3) is 17.0 Å². The molecule has 0 radical (unpaired) electrons. The number of anilines is 1. The third-order valence-electron chi connectivity index (χ3n) is 5.28. The highest BCUT2D eigenvalue weighted by atomic mass is 16.2. The third kappa shape index (κ3) is 4.25. The first-order chi connectivity index (χ1) is 14.9. The van der Waals surface area contributed by atoms with Gasteiger partial charge in [-0.1, -0.05) is 30.3 Å². The van der Waals surface area contributed by atoms with Crippen LogP contribution >= 0.6 is 0 Å². The van der Waals surface area contributed by atoms with Crippen molar-refractivity contribution in [2.45, 2.75) is 19.9 Å². The number of nitrogens with zero attached hydrogens (tertiary/aromatic N) is 5. The van der Waals surface area contributed by atoms with Crippen molar-refractivity contribution in [1.29, 1.82) is 0 Å². The van der Waals surface area contributed by atoms with Crippen LogP contribution in [0.3, 0.4) is 0 Å². The molecule has 0 unspecified atom stereocenters. The fraction of sp³-hybridized carbons (Fsp3) is 0.318. The minimum absolute atomic E-state index is 0.128. The molecule has 0 spiro atoms. The Kier molecular flexibility index (Phi) is 5.66. The van der Waals surface area contributed by atoms with E-state index in [0.717, 1.165) is 11.3 Å². The molecule has 9 heteroatoms. The maximum atomic E-state index is 12.9. The summed E-state index contributed by atoms with van der Waals surface area (Å²) in [5, 5.41) is 11.0. The van der Waals surface area contributed by atoms with Gasteiger partial charge >= 0.3 is 0 Å². The van der Waals surface area contributed by atoms with Crippen molar-refractivity contribution in [2.24, 2.45) is 0 Å². The first-order valence-electron chi connectivity index (χ1n) is 10.2. The van der Waals surface area contributed by atoms with Crippen LogP contribution in [0.2, 0.25) is 0 Å². The van der Waals surface area contributed by atoms with E-state index in [2.05, 4.69) is 20.2 Å². The second-order valence-electron chi connectivity index (χ2n) is 7.71. The highest BCUT2D eigenvalue weighted by Crippen LogP contribution is 2.27. The lowest BCUT2D eigenvalue weighted by atomic mass is 10.1. The molecule has 9 nitrogen and oxygen atoms in total. The number of hydrogen-bond donors (Lipinski definition) is 1. The Labute approximate surface area is 178 Å². The Balaban J connectivity index is 1.53. The Morgan fingerprint density at radius 3 is 2.39 bits per heavy atom. The summed E-state index contributed by atoms with van der Waals surface area (Å²) in [4.78, 5) is 40.6. The van der Waals surface area contributed by atoms with Gasteiger partial charge in [0.2, 0.25) is 0 Å². The fourth-order valence-corrected chi connectivity index (χ4v) is 3.66. The molecule has 31 heavy (non-hydrogen) atoms. The number of H-pyrrole nitrogens is 1. The Bertz CT molecular complexity index is 1190. The van der Waals surface area contributed by atoms with E-state index in [0.29, 0.717) is 31.9 Å². The van der Waals surface area contributed by atoms with Gasteiger partial charge in [0.15, 0.2) is 0 Å². The average Bonchev–Trinajstić information content (AvgIpc) is 2.79. The number of carbonyl (C=O) groups excluding carboxylic acids is 1. The zero-order chi connectivity index (χ0) is 22.0. The van der Waals surface area contributed by atoms with Crippen molar-refractivity contribution in [3.8, 4) is 11.3 Å². The summed E-state index contributed by atoms with van der Waals surface area (Å²) < 4.78 is 1.32. The molecular weight excluding hydrogens is 396 g/mol. The molecule has 1 aromatic carbocycles. The molecule has 4 rings (SSSR count). The van der Waals surface area contributed by atoms with E-state index >= 15 is 0 Å². The lowest BCUT2D eigenvalue weighted by molar-refractivity contribution is 0.0737. The molecule has 3 aromatic rings. The number of nitrogens with one attached hydrogen (secondary N) is 1. The molecule has 1 aliphatic rings. The number of carbonyl (C=O) groups is 1. The zero-order valence-electron chi connectivity index (χ0n) is 17.5. The van der Waals surface area contributed by atoms with E-state index in [9.17, 15) is 14.4 Å². The Morgan fingerprint density at radius 1 is 1.00 bits per heavy atom. The van der Waals surface area contributed by atoms with Gasteiger partial charge in [0.1, 0.15) is 11.4 Å². The summed E-state index contributed by atoms with van der Waals surface area (Å²) in [6, 6.07) is 13.9. The molecule has 1 fully saturated rings. The highest BCUT2D eigenvalue weighted by Gasteiger charge is 2.26. The molecule has 1 aliphatic heterocycles. The monoisotopic (exact) mass is 420 g/mol. The van der Waals surface area contributed by atoms with Gasteiger partial charge < -0.3 is 9.80 Å². The second kappa shape index (κ2) is 8.55. The van der Waals surface area contributed by atoms with Crippen LogP contribution in [0.1, 0.15) is 30.4 Å². The van der Waals surface area contributed by atoms with Crippen molar-refractivity contribution in [2.75, 3.05) is 31.1 Å². The number of hydrogen-bond acceptors (Lipinski definition) is 6. The number of benzene rings is 1. The predicted molar refractivity (Wildman–Crippen MR) is 117 cm³/mol. The van der Waals surface area contributed by atoms with E-state index in [1.165, 1.54) is 16.8 Å². The standard InChI is InChI=1S/C22H24N6O3/c1-15(2)28-20(30)9-8-17(25-28)22(31)27-12-10-26(11-13-27)18-14-19(29)23-24-21(18)16-6-4-3-5-7-16/h3-9,14-15H,10-13H2,1-2H3,(H,23,29). The number of amides is 1. The van der Waals surface area contributed by atoms with E-state index in [-0.39, 0.29) is 28.8 Å². The minimum Gasteiger partial charge on any atom is -0.366 e. The van der Waals surface area contributed by atoms with Crippen LogP contribution in [0, 0.1) is 0 Å². The van der Waals surface area contributed by atoms with Gasteiger partial charge in [-0.2, -0.15) is 10.2 Å². The summed E-state index contributed by atoms with van der Waals surface area (Å²) in [5.74, 6) is -0.207. The topological polar surface area (TPSA) is 104 Å². The van der Waals surface area contributed by atoms with Crippen LogP contribution in [0.5, 0.6) is 0 Å². The normalized spacial score (nSPS) is 14.2. The molecule has 0 aliphatic carbocycles. The van der Waals surface area contributed by atoms with Gasteiger partial charge in [-0.15, -0.1) is 0 Å². The largest absolute Gasteiger partial charge is 0.366 e. The fourth-order valence-electron chi connectivity index (χ4n) is 3.66. The molecule has 0 saturated carbocycles. The van der Waals surface area contributed by atoms with Crippen molar-refractivity contribution < 1.29 is 4.79 Å². The van der Waals surface area contributed by atoms with Crippen molar-refractivity contribution in [1.82, 2.24) is 24.9 Å². The summed E-state index contributed by atoms with van der Waals surface area (Å²) in [6.07, 6.45) is 0. The SMILES string of the molecule is CC(C)n1nc(C(=O)N2CCN(c3cc(=O)[nH]nc3-c3ccccc3)CC2)ccc1=O. The number of rotatable bonds is 4. The van der Waals surface area contributed by atoms with Crippen molar-refractivity contribution in [3.63, 3.8) is 0 Å². The molecule has 1 saturated heterocycles. The van der Waals surface area contributed by atoms with Gasteiger partial charge in [-0.05, 0) is 19.9 Å².